The topological polar surface area (TPSA) is 38.9 Å². The summed E-state index contributed by atoms with van der Waals surface area (Å²) in [7, 11) is 0. The Balaban J connectivity index is 1.99. The first kappa shape index (κ1) is 12.6. The number of nitrogens with zero attached hydrogens (tertiary/aromatic N) is 1. The van der Waals surface area contributed by atoms with E-state index in [1.807, 2.05) is 6.07 Å². The number of nitrogens with two attached hydrogens (primary N) is 1. The van der Waals surface area contributed by atoms with E-state index in [0.29, 0.717) is 5.02 Å². The van der Waals surface area contributed by atoms with Gasteiger partial charge in [0.1, 0.15) is 0 Å². The molecule has 1 aromatic heterocycles. The van der Waals surface area contributed by atoms with Crippen LogP contribution in [0.5, 0.6) is 0 Å². The number of hydrogen-bond acceptors (Lipinski definition) is 2. The molecule has 1 aromatic carbocycles. The number of rotatable bonds is 2. The van der Waals surface area contributed by atoms with Crippen LogP contribution in [0.15, 0.2) is 42.7 Å². The highest BCUT2D eigenvalue weighted by atomic mass is 35.5. The lowest BCUT2D eigenvalue weighted by atomic mass is 9.74. The Labute approximate surface area is 118 Å². The van der Waals surface area contributed by atoms with Crippen LogP contribution < -0.4 is 5.73 Å². The van der Waals surface area contributed by atoms with Crippen molar-refractivity contribution in [1.29, 1.82) is 0 Å². The third-order valence-corrected chi connectivity index (χ3v) is 4.33. The SMILES string of the molecule is NC1(Cc2ccncc2Cl)CCCc2ccccc21. The molecule has 2 N–H and O–H groups in total. The Hall–Kier alpha value is -1.38. The highest BCUT2D eigenvalue weighted by Crippen LogP contribution is 2.36. The largest absolute Gasteiger partial charge is 0.321 e. The number of aromatic nitrogens is 1. The molecule has 0 spiro atoms. The first-order valence-electron chi connectivity index (χ1n) is 6.65. The third kappa shape index (κ3) is 2.38. The molecular formula is C16H17ClN2. The predicted molar refractivity (Wildman–Crippen MR) is 78.2 cm³/mol. The van der Waals surface area contributed by atoms with Gasteiger partial charge in [0, 0.05) is 17.9 Å². The quantitative estimate of drug-likeness (QED) is 0.909. The smallest absolute Gasteiger partial charge is 0.0622 e. The maximum absolute atomic E-state index is 6.69. The van der Waals surface area contributed by atoms with E-state index in [1.165, 1.54) is 11.1 Å². The number of fused-ring (bicyclic) bond motifs is 1. The highest BCUT2D eigenvalue weighted by Gasteiger charge is 2.32. The molecule has 0 bridgehead atoms. The second-order valence-electron chi connectivity index (χ2n) is 5.31. The van der Waals surface area contributed by atoms with Gasteiger partial charge < -0.3 is 5.73 Å². The summed E-state index contributed by atoms with van der Waals surface area (Å²) in [6.45, 7) is 0. The Bertz CT molecular complexity index is 597. The molecule has 3 heteroatoms. The lowest BCUT2D eigenvalue weighted by Crippen LogP contribution is -2.42. The van der Waals surface area contributed by atoms with E-state index in [2.05, 4.69) is 29.2 Å². The van der Waals surface area contributed by atoms with Crippen molar-refractivity contribution in [3.63, 3.8) is 0 Å². The van der Waals surface area contributed by atoms with Crippen LogP contribution in [-0.2, 0) is 18.4 Å². The molecule has 0 fully saturated rings. The van der Waals surface area contributed by atoms with Gasteiger partial charge in [0.05, 0.1) is 5.02 Å². The monoisotopic (exact) mass is 272 g/mol. The van der Waals surface area contributed by atoms with Crippen molar-refractivity contribution < 1.29 is 0 Å². The predicted octanol–water partition coefficient (Wildman–Crippen LogP) is 3.47. The molecule has 1 atom stereocenters. The van der Waals surface area contributed by atoms with Crippen LogP contribution >= 0.6 is 11.6 Å². The van der Waals surface area contributed by atoms with Crippen LogP contribution in [0, 0.1) is 0 Å². The average molecular weight is 273 g/mol. The van der Waals surface area contributed by atoms with Crippen molar-refractivity contribution >= 4 is 11.6 Å². The summed E-state index contributed by atoms with van der Waals surface area (Å²) in [6, 6.07) is 10.5. The zero-order valence-corrected chi connectivity index (χ0v) is 11.5. The first-order chi connectivity index (χ1) is 9.19. The van der Waals surface area contributed by atoms with Gasteiger partial charge in [0.15, 0.2) is 0 Å². The van der Waals surface area contributed by atoms with Gasteiger partial charge in [0.25, 0.3) is 0 Å². The summed E-state index contributed by atoms with van der Waals surface area (Å²) in [5, 5.41) is 0.704. The van der Waals surface area contributed by atoms with Crippen LogP contribution in [0.4, 0.5) is 0 Å². The summed E-state index contributed by atoms with van der Waals surface area (Å²) >= 11 is 6.21. The number of hydrogen-bond donors (Lipinski definition) is 1. The molecule has 0 radical (unpaired) electrons. The van der Waals surface area contributed by atoms with Crippen LogP contribution in [0.3, 0.4) is 0 Å². The number of benzene rings is 1. The summed E-state index contributed by atoms with van der Waals surface area (Å²) in [5.41, 5.74) is 10.1. The minimum atomic E-state index is -0.306. The molecule has 1 aliphatic rings. The second-order valence-corrected chi connectivity index (χ2v) is 5.72. The number of pyridine rings is 1. The normalized spacial score (nSPS) is 22.0. The molecule has 0 saturated carbocycles. The zero-order chi connectivity index (χ0) is 13.3. The van der Waals surface area contributed by atoms with Gasteiger partial charge in [-0.3, -0.25) is 4.98 Å². The molecule has 0 saturated heterocycles. The maximum atomic E-state index is 6.69. The van der Waals surface area contributed by atoms with E-state index in [-0.39, 0.29) is 5.54 Å². The summed E-state index contributed by atoms with van der Waals surface area (Å²) in [4.78, 5) is 4.03. The molecule has 2 aromatic rings. The molecule has 3 rings (SSSR count). The summed E-state index contributed by atoms with van der Waals surface area (Å²) in [5.74, 6) is 0. The van der Waals surface area contributed by atoms with Gasteiger partial charge in [0.2, 0.25) is 0 Å². The van der Waals surface area contributed by atoms with Crippen molar-refractivity contribution in [2.24, 2.45) is 5.73 Å². The standard InChI is InChI=1S/C16H17ClN2/c17-15-11-19-9-7-13(15)10-16(18)8-3-5-12-4-1-2-6-14(12)16/h1-2,4,6-7,9,11H,3,5,8,10,18H2. The number of aryl methyl sites for hydroxylation is 1. The van der Waals surface area contributed by atoms with E-state index in [0.717, 1.165) is 31.2 Å². The van der Waals surface area contributed by atoms with Crippen LogP contribution in [0.25, 0.3) is 0 Å². The zero-order valence-electron chi connectivity index (χ0n) is 10.8. The lowest BCUT2D eigenvalue weighted by Gasteiger charge is -2.36. The van der Waals surface area contributed by atoms with E-state index in [4.69, 9.17) is 17.3 Å². The Kier molecular flexibility index (Phi) is 3.29. The molecule has 19 heavy (non-hydrogen) atoms. The van der Waals surface area contributed by atoms with E-state index in [9.17, 15) is 0 Å². The van der Waals surface area contributed by atoms with Gasteiger partial charge in [-0.05, 0) is 48.4 Å². The molecule has 1 unspecified atom stereocenters. The average Bonchev–Trinajstić information content (AvgIpc) is 2.42. The molecule has 0 aliphatic heterocycles. The minimum absolute atomic E-state index is 0.306. The molecule has 1 heterocycles. The van der Waals surface area contributed by atoms with Crippen LogP contribution in [0.2, 0.25) is 5.02 Å². The fraction of sp³-hybridized carbons (Fsp3) is 0.312. The fourth-order valence-corrected chi connectivity index (χ4v) is 3.21. The van der Waals surface area contributed by atoms with E-state index < -0.39 is 0 Å². The van der Waals surface area contributed by atoms with Crippen molar-refractivity contribution in [3.05, 3.63) is 64.4 Å². The molecule has 98 valence electrons. The summed E-state index contributed by atoms with van der Waals surface area (Å²) in [6.07, 6.45) is 7.50. The molecule has 0 amide bonds. The van der Waals surface area contributed by atoms with Gasteiger partial charge >= 0.3 is 0 Å². The van der Waals surface area contributed by atoms with Crippen molar-refractivity contribution in [3.8, 4) is 0 Å². The minimum Gasteiger partial charge on any atom is -0.321 e. The van der Waals surface area contributed by atoms with Crippen molar-refractivity contribution in [2.45, 2.75) is 31.2 Å². The Morgan fingerprint density at radius 2 is 2.11 bits per heavy atom. The van der Waals surface area contributed by atoms with Crippen LogP contribution in [0.1, 0.15) is 29.5 Å². The molecule has 1 aliphatic carbocycles. The van der Waals surface area contributed by atoms with Gasteiger partial charge in [-0.1, -0.05) is 35.9 Å². The van der Waals surface area contributed by atoms with Crippen molar-refractivity contribution in [2.75, 3.05) is 0 Å². The van der Waals surface area contributed by atoms with Crippen molar-refractivity contribution in [1.82, 2.24) is 4.98 Å². The first-order valence-corrected chi connectivity index (χ1v) is 7.02. The van der Waals surface area contributed by atoms with Crippen LogP contribution in [-0.4, -0.2) is 4.98 Å². The summed E-state index contributed by atoms with van der Waals surface area (Å²) < 4.78 is 0. The van der Waals surface area contributed by atoms with Gasteiger partial charge in [-0.25, -0.2) is 0 Å². The van der Waals surface area contributed by atoms with Gasteiger partial charge in [-0.15, -0.1) is 0 Å². The second kappa shape index (κ2) is 4.95. The maximum Gasteiger partial charge on any atom is 0.0622 e. The molecular weight excluding hydrogens is 256 g/mol. The van der Waals surface area contributed by atoms with E-state index >= 15 is 0 Å². The van der Waals surface area contributed by atoms with E-state index in [1.54, 1.807) is 12.4 Å². The molecule has 2 nitrogen and oxygen atoms in total. The Morgan fingerprint density at radius 3 is 2.95 bits per heavy atom. The highest BCUT2D eigenvalue weighted by molar-refractivity contribution is 6.31. The van der Waals surface area contributed by atoms with Gasteiger partial charge in [-0.2, -0.15) is 0 Å². The lowest BCUT2D eigenvalue weighted by molar-refractivity contribution is 0.369. The Morgan fingerprint density at radius 1 is 1.26 bits per heavy atom. The number of halogens is 1. The fourth-order valence-electron chi connectivity index (χ4n) is 3.02. The third-order valence-electron chi connectivity index (χ3n) is 3.99.